The van der Waals surface area contributed by atoms with Crippen molar-refractivity contribution in [1.29, 1.82) is 0 Å². The number of carbonyl (C=O) groups is 2. The van der Waals surface area contributed by atoms with Crippen molar-refractivity contribution in [2.45, 2.75) is 53.8 Å². The van der Waals surface area contributed by atoms with E-state index in [1.165, 1.54) is 29.6 Å². The maximum atomic E-state index is 11.5. The van der Waals surface area contributed by atoms with Crippen molar-refractivity contribution < 1.29 is 38.0 Å². The van der Waals surface area contributed by atoms with Crippen LogP contribution in [0.15, 0.2) is 55.1 Å². The van der Waals surface area contributed by atoms with Gasteiger partial charge in [0.25, 0.3) is 0 Å². The number of hydrogen-bond donors (Lipinski definition) is 1. The van der Waals surface area contributed by atoms with Gasteiger partial charge in [-0.15, -0.1) is 11.5 Å². The average molecular weight is 663 g/mol. The van der Waals surface area contributed by atoms with Gasteiger partial charge in [0.2, 0.25) is 0 Å². The molecule has 48 heavy (non-hydrogen) atoms. The van der Waals surface area contributed by atoms with Gasteiger partial charge in [0.05, 0.1) is 12.2 Å². The molecule has 0 saturated carbocycles. The summed E-state index contributed by atoms with van der Waals surface area (Å²) in [5.41, 5.74) is 3.88. The predicted octanol–water partition coefficient (Wildman–Crippen LogP) is 4.99. The Kier molecular flexibility index (Phi) is 16.6. The van der Waals surface area contributed by atoms with Gasteiger partial charge in [-0.25, -0.2) is 24.2 Å². The minimum absolute atomic E-state index is 0.112. The summed E-state index contributed by atoms with van der Waals surface area (Å²) in [5, 5.41) is 11.0. The van der Waals surface area contributed by atoms with Crippen molar-refractivity contribution in [3.8, 4) is 46.6 Å². The second kappa shape index (κ2) is 20.6. The smallest absolute Gasteiger partial charge is 0.384 e. The van der Waals surface area contributed by atoms with Crippen LogP contribution >= 0.6 is 0 Å². The molecule has 0 radical (unpaired) electrons. The summed E-state index contributed by atoms with van der Waals surface area (Å²) in [5.74, 6) is 3.51. The SMILES string of the molecule is C#CC(=O)OC(C)C.COCOc1cc(C)cc(-c2ncn(/C=C\C(=O)OC(C)C)n2)c1.COCOc1cc(C)cc(-c2ncn[nH]2)c1. The van der Waals surface area contributed by atoms with Crippen molar-refractivity contribution in [2.75, 3.05) is 27.8 Å². The molecule has 14 heteroatoms. The first-order valence-corrected chi connectivity index (χ1v) is 14.7. The number of aryl methyl sites for hydroxylation is 2. The minimum atomic E-state index is -0.597. The van der Waals surface area contributed by atoms with Gasteiger partial charge in [0.1, 0.15) is 24.2 Å². The van der Waals surface area contributed by atoms with E-state index < -0.39 is 11.9 Å². The molecule has 4 aromatic rings. The molecule has 14 nitrogen and oxygen atoms in total. The first-order valence-electron chi connectivity index (χ1n) is 14.7. The van der Waals surface area contributed by atoms with Gasteiger partial charge in [0.15, 0.2) is 25.2 Å². The number of rotatable bonds is 12. The number of esters is 2. The second-order valence-corrected chi connectivity index (χ2v) is 10.5. The van der Waals surface area contributed by atoms with Gasteiger partial charge in [-0.3, -0.25) is 5.10 Å². The Labute approximate surface area is 280 Å². The topological polar surface area (TPSA) is 162 Å². The maximum Gasteiger partial charge on any atom is 0.384 e. The molecular formula is C34H42N6O8. The molecule has 0 amide bonds. The number of hydrogen-bond acceptors (Lipinski definition) is 12. The van der Waals surface area contributed by atoms with Crippen molar-refractivity contribution >= 4 is 18.1 Å². The summed E-state index contributed by atoms with van der Waals surface area (Å²) in [6.45, 7) is 11.4. The lowest BCUT2D eigenvalue weighted by atomic mass is 10.1. The van der Waals surface area contributed by atoms with E-state index in [0.29, 0.717) is 11.6 Å². The number of methoxy groups -OCH3 is 2. The molecule has 4 rings (SSSR count). The van der Waals surface area contributed by atoms with Gasteiger partial charge in [-0.05, 0) is 89.1 Å². The van der Waals surface area contributed by atoms with E-state index in [1.807, 2.05) is 56.2 Å². The number of carbonyl (C=O) groups excluding carboxylic acids is 2. The molecule has 0 aliphatic rings. The fraction of sp³-hybridized carbons (Fsp3) is 0.353. The van der Waals surface area contributed by atoms with Crippen LogP contribution in [0.25, 0.3) is 29.0 Å². The van der Waals surface area contributed by atoms with E-state index in [0.717, 1.165) is 33.8 Å². The molecular weight excluding hydrogens is 620 g/mol. The minimum Gasteiger partial charge on any atom is -0.468 e. The Bertz CT molecular complexity index is 1640. The number of terminal acetylenes is 1. The zero-order valence-corrected chi connectivity index (χ0v) is 28.4. The van der Waals surface area contributed by atoms with Crippen LogP contribution in [0.4, 0.5) is 0 Å². The van der Waals surface area contributed by atoms with Crippen molar-refractivity contribution in [3.05, 3.63) is 66.3 Å². The molecule has 2 aromatic heterocycles. The molecule has 0 spiro atoms. The number of nitrogens with zero attached hydrogens (tertiary/aromatic N) is 5. The largest absolute Gasteiger partial charge is 0.468 e. The summed E-state index contributed by atoms with van der Waals surface area (Å²) >= 11 is 0. The quantitative estimate of drug-likeness (QED) is 0.0712. The number of H-pyrrole nitrogens is 1. The molecule has 0 bridgehead atoms. The van der Waals surface area contributed by atoms with Crippen molar-refractivity contribution in [1.82, 2.24) is 29.9 Å². The van der Waals surface area contributed by atoms with E-state index >= 15 is 0 Å². The van der Waals surface area contributed by atoms with E-state index in [-0.39, 0.29) is 25.8 Å². The summed E-state index contributed by atoms with van der Waals surface area (Å²) in [4.78, 5) is 30.0. The van der Waals surface area contributed by atoms with Crippen LogP contribution in [0, 0.1) is 26.2 Å². The Morgan fingerprint density at radius 3 is 1.96 bits per heavy atom. The lowest BCUT2D eigenvalue weighted by molar-refractivity contribution is -0.141. The molecule has 0 atom stereocenters. The molecule has 256 valence electrons. The van der Waals surface area contributed by atoms with Gasteiger partial charge >= 0.3 is 11.9 Å². The van der Waals surface area contributed by atoms with Gasteiger partial charge < -0.3 is 28.4 Å². The molecule has 0 unspecified atom stereocenters. The van der Waals surface area contributed by atoms with Crippen LogP contribution in [-0.2, 0) is 28.5 Å². The second-order valence-electron chi connectivity index (χ2n) is 10.5. The average Bonchev–Trinajstić information content (AvgIpc) is 3.75. The Morgan fingerprint density at radius 1 is 0.875 bits per heavy atom. The van der Waals surface area contributed by atoms with Crippen LogP contribution in [-0.4, -0.2) is 81.9 Å². The fourth-order valence-electron chi connectivity index (χ4n) is 3.66. The Hall–Kier alpha value is -5.52. The first kappa shape index (κ1) is 38.7. The summed E-state index contributed by atoms with van der Waals surface area (Å²) in [6.07, 6.45) is 10.2. The van der Waals surface area contributed by atoms with Gasteiger partial charge in [-0.2, -0.15) is 5.10 Å². The highest BCUT2D eigenvalue weighted by atomic mass is 16.7. The van der Waals surface area contributed by atoms with Crippen molar-refractivity contribution in [3.63, 3.8) is 0 Å². The highest BCUT2D eigenvalue weighted by Crippen LogP contribution is 2.24. The first-order chi connectivity index (χ1) is 22.9. The van der Waals surface area contributed by atoms with Crippen LogP contribution in [0.2, 0.25) is 0 Å². The van der Waals surface area contributed by atoms with Crippen LogP contribution in [0.1, 0.15) is 38.8 Å². The highest BCUT2D eigenvalue weighted by Gasteiger charge is 2.08. The summed E-state index contributed by atoms with van der Waals surface area (Å²) < 4.78 is 31.6. The molecule has 0 saturated heterocycles. The Balaban J connectivity index is 0.000000285. The van der Waals surface area contributed by atoms with Crippen LogP contribution in [0.3, 0.4) is 0 Å². The molecule has 2 aromatic carbocycles. The zero-order valence-electron chi connectivity index (χ0n) is 28.4. The number of benzene rings is 2. The van der Waals surface area contributed by atoms with Gasteiger partial charge in [0, 0.05) is 43.5 Å². The normalized spacial score (nSPS) is 10.4. The highest BCUT2D eigenvalue weighted by molar-refractivity contribution is 5.87. The lowest BCUT2D eigenvalue weighted by Gasteiger charge is -2.07. The van der Waals surface area contributed by atoms with E-state index in [2.05, 4.69) is 30.0 Å². The molecule has 1 N–H and O–H groups in total. The standard InChI is InChI=1S/C17H21N3O4.C11H13N3O2.C6H8O2/c1-12(2)24-16(21)5-6-20-10-18-17(19-20)14-7-13(3)8-15(9-14)23-11-22-4;1-8-3-9(11-12-6-13-14-11)5-10(4-8)16-7-15-2;1-4-6(7)8-5(2)3/h5-10,12H,11H2,1-4H3;3-6H,7H2,1-2H3,(H,12,13,14);1,5H,2-3H3/b6-5-;;. The number of aromatic amines is 1. The summed E-state index contributed by atoms with van der Waals surface area (Å²) in [7, 11) is 3.16. The third kappa shape index (κ3) is 14.7. The predicted molar refractivity (Wildman–Crippen MR) is 178 cm³/mol. The van der Waals surface area contributed by atoms with E-state index in [4.69, 9.17) is 30.1 Å². The van der Waals surface area contributed by atoms with Crippen LogP contribution < -0.4 is 9.47 Å². The van der Waals surface area contributed by atoms with E-state index in [9.17, 15) is 9.59 Å². The van der Waals surface area contributed by atoms with Crippen molar-refractivity contribution in [2.24, 2.45) is 0 Å². The maximum absolute atomic E-state index is 11.5. The third-order valence-corrected chi connectivity index (χ3v) is 5.42. The third-order valence-electron chi connectivity index (χ3n) is 5.42. The Morgan fingerprint density at radius 2 is 1.46 bits per heavy atom. The lowest BCUT2D eigenvalue weighted by Crippen LogP contribution is -2.08. The molecule has 0 aliphatic heterocycles. The van der Waals surface area contributed by atoms with E-state index in [1.54, 1.807) is 41.9 Å². The number of nitrogens with one attached hydrogen (secondary N) is 1. The monoisotopic (exact) mass is 662 g/mol. The molecule has 0 aliphatic carbocycles. The summed E-state index contributed by atoms with van der Waals surface area (Å²) in [6, 6.07) is 11.5. The zero-order chi connectivity index (χ0) is 35.5. The molecule has 2 heterocycles. The fourth-order valence-corrected chi connectivity index (χ4v) is 3.66. The molecule has 0 fully saturated rings. The number of aromatic nitrogens is 6. The van der Waals surface area contributed by atoms with Gasteiger partial charge in [-0.1, -0.05) is 0 Å². The number of ether oxygens (including phenoxy) is 6. The van der Waals surface area contributed by atoms with Crippen LogP contribution in [0.5, 0.6) is 11.5 Å².